The fraction of sp³-hybridized carbons (Fsp3) is 0.278. The third-order valence-electron chi connectivity index (χ3n) is 3.51. The van der Waals surface area contributed by atoms with Gasteiger partial charge in [0.15, 0.2) is 0 Å². The van der Waals surface area contributed by atoms with Crippen molar-refractivity contribution in [1.29, 1.82) is 0 Å². The van der Waals surface area contributed by atoms with Crippen molar-refractivity contribution in [2.24, 2.45) is 0 Å². The molecule has 2 rings (SSSR count). The van der Waals surface area contributed by atoms with Crippen LogP contribution >= 0.6 is 0 Å². The van der Waals surface area contributed by atoms with E-state index in [1.807, 2.05) is 44.7 Å². The zero-order valence-corrected chi connectivity index (χ0v) is 14.2. The third-order valence-corrected chi connectivity index (χ3v) is 3.51. The average molecular weight is 326 g/mol. The van der Waals surface area contributed by atoms with Crippen molar-refractivity contribution in [3.05, 3.63) is 72.5 Å². The minimum atomic E-state index is 0.551. The molecule has 0 fully saturated rings. The molecule has 0 aliphatic rings. The van der Waals surface area contributed by atoms with Gasteiger partial charge in [-0.2, -0.15) is 0 Å². The van der Waals surface area contributed by atoms with Gasteiger partial charge in [-0.05, 0) is 42.7 Å². The normalized spacial score (nSPS) is 10.3. The number of imidazole rings is 1. The number of rotatable bonds is 9. The number of hydrogen-bond donors (Lipinski definition) is 1. The van der Waals surface area contributed by atoms with E-state index in [1.54, 1.807) is 0 Å². The van der Waals surface area contributed by atoms with Gasteiger partial charge in [0.1, 0.15) is 43.6 Å². The Hall–Kier alpha value is -2.47. The molecular weight excluding hydrogens is 303 g/mol. The highest BCUT2D eigenvalue weighted by Crippen LogP contribution is 2.16. The maximum Gasteiger partial charge on any atom is 0.569 e. The van der Waals surface area contributed by atoms with Crippen LogP contribution in [-0.4, -0.2) is 23.9 Å². The SMILES string of the molecule is C=C(C)C(=C)OCCn1cc[n+](Cc2cc(C)cc(O[B]O)c2)c1. The van der Waals surface area contributed by atoms with Crippen molar-refractivity contribution >= 4 is 7.69 Å². The summed E-state index contributed by atoms with van der Waals surface area (Å²) in [7, 11) is 0.695. The van der Waals surface area contributed by atoms with Crippen LogP contribution in [0.25, 0.3) is 0 Å². The predicted octanol–water partition coefficient (Wildman–Crippen LogP) is 2.14. The van der Waals surface area contributed by atoms with Crippen LogP contribution in [0.2, 0.25) is 0 Å². The summed E-state index contributed by atoms with van der Waals surface area (Å²) in [4.78, 5) is 0. The van der Waals surface area contributed by atoms with E-state index in [0.717, 1.165) is 29.8 Å². The summed E-state index contributed by atoms with van der Waals surface area (Å²) in [6.45, 7) is 13.5. The van der Waals surface area contributed by atoms with Crippen LogP contribution in [0.3, 0.4) is 0 Å². The van der Waals surface area contributed by atoms with E-state index >= 15 is 0 Å². The second-order valence-electron chi connectivity index (χ2n) is 5.75. The van der Waals surface area contributed by atoms with Gasteiger partial charge in [-0.25, -0.2) is 9.13 Å². The zero-order valence-electron chi connectivity index (χ0n) is 14.2. The van der Waals surface area contributed by atoms with Crippen molar-refractivity contribution < 1.29 is 19.0 Å². The topological polar surface area (TPSA) is 47.5 Å². The van der Waals surface area contributed by atoms with Crippen molar-refractivity contribution in [2.75, 3.05) is 6.61 Å². The van der Waals surface area contributed by atoms with Gasteiger partial charge in [0, 0.05) is 0 Å². The minimum absolute atomic E-state index is 0.551. The number of benzene rings is 1. The molecule has 0 atom stereocenters. The second-order valence-corrected chi connectivity index (χ2v) is 5.75. The van der Waals surface area contributed by atoms with Gasteiger partial charge in [0.25, 0.3) is 0 Å². The average Bonchev–Trinajstić information content (AvgIpc) is 2.94. The molecular formula is C18H23BN2O3+. The first kappa shape index (κ1) is 17.9. The standard InChI is InChI=1S/C18H23BN2O3/c1-14(2)16(4)23-8-7-20-5-6-21(13-20)12-17-9-15(3)10-18(11-17)24-19-22/h5-6,9-11,13,22H,1,4,7-8,12H2,2-3H3/q+1. The summed E-state index contributed by atoms with van der Waals surface area (Å²) in [5, 5.41) is 8.77. The summed E-state index contributed by atoms with van der Waals surface area (Å²) in [6, 6.07) is 5.87. The molecule has 0 unspecified atom stereocenters. The first-order chi connectivity index (χ1) is 11.5. The lowest BCUT2D eigenvalue weighted by atomic mass is 10.1. The van der Waals surface area contributed by atoms with Crippen LogP contribution in [0.1, 0.15) is 18.1 Å². The molecule has 125 valence electrons. The number of ether oxygens (including phenoxy) is 1. The quantitative estimate of drug-likeness (QED) is 0.332. The molecule has 24 heavy (non-hydrogen) atoms. The summed E-state index contributed by atoms with van der Waals surface area (Å²) < 4.78 is 14.7. The molecule has 0 saturated heterocycles. The Bertz CT molecular complexity index is 725. The van der Waals surface area contributed by atoms with Gasteiger partial charge < -0.3 is 14.4 Å². The Morgan fingerprint density at radius 3 is 2.83 bits per heavy atom. The van der Waals surface area contributed by atoms with Gasteiger partial charge in [0.05, 0.1) is 0 Å². The lowest BCUT2D eigenvalue weighted by molar-refractivity contribution is -0.687. The monoisotopic (exact) mass is 326 g/mol. The van der Waals surface area contributed by atoms with Crippen LogP contribution in [-0.2, 0) is 17.8 Å². The lowest BCUT2D eigenvalue weighted by Gasteiger charge is -2.07. The Labute approximate surface area is 143 Å². The van der Waals surface area contributed by atoms with E-state index in [1.165, 1.54) is 0 Å². The van der Waals surface area contributed by atoms with Crippen molar-refractivity contribution in [3.8, 4) is 5.75 Å². The van der Waals surface area contributed by atoms with Gasteiger partial charge in [-0.3, -0.25) is 0 Å². The highest BCUT2D eigenvalue weighted by molar-refractivity contribution is 6.17. The molecule has 0 aliphatic heterocycles. The molecule has 0 spiro atoms. The molecule has 0 amide bonds. The summed E-state index contributed by atoms with van der Waals surface area (Å²) in [5.41, 5.74) is 3.02. The van der Waals surface area contributed by atoms with E-state index < -0.39 is 0 Å². The summed E-state index contributed by atoms with van der Waals surface area (Å²) >= 11 is 0. The Morgan fingerprint density at radius 1 is 1.33 bits per heavy atom. The minimum Gasteiger partial charge on any atom is -0.537 e. The fourth-order valence-electron chi connectivity index (χ4n) is 2.32. The molecule has 1 N–H and O–H groups in total. The number of allylic oxidation sites excluding steroid dienone is 1. The van der Waals surface area contributed by atoms with Gasteiger partial charge in [0.2, 0.25) is 6.33 Å². The number of hydrogen-bond acceptors (Lipinski definition) is 3. The fourth-order valence-corrected chi connectivity index (χ4v) is 2.32. The first-order valence-corrected chi connectivity index (χ1v) is 7.73. The van der Waals surface area contributed by atoms with Gasteiger partial charge in [-0.15, -0.1) is 0 Å². The van der Waals surface area contributed by atoms with Gasteiger partial charge >= 0.3 is 7.69 Å². The van der Waals surface area contributed by atoms with E-state index in [2.05, 4.69) is 28.4 Å². The Balaban J connectivity index is 1.94. The van der Waals surface area contributed by atoms with Crippen LogP contribution in [0, 0.1) is 6.92 Å². The van der Waals surface area contributed by atoms with Crippen molar-refractivity contribution in [2.45, 2.75) is 26.9 Å². The molecule has 5 nitrogen and oxygen atoms in total. The largest absolute Gasteiger partial charge is 0.569 e. The Kier molecular flexibility index (Phi) is 6.26. The Morgan fingerprint density at radius 2 is 2.12 bits per heavy atom. The van der Waals surface area contributed by atoms with E-state index in [4.69, 9.17) is 14.4 Å². The smallest absolute Gasteiger partial charge is 0.537 e. The summed E-state index contributed by atoms with van der Waals surface area (Å²) in [5.74, 6) is 1.25. The summed E-state index contributed by atoms with van der Waals surface area (Å²) in [6.07, 6.45) is 6.03. The molecule has 0 saturated carbocycles. The molecule has 1 radical (unpaired) electrons. The number of aromatic nitrogens is 2. The highest BCUT2D eigenvalue weighted by atomic mass is 16.5. The highest BCUT2D eigenvalue weighted by Gasteiger charge is 2.07. The molecule has 0 bridgehead atoms. The van der Waals surface area contributed by atoms with E-state index in [9.17, 15) is 0 Å². The second kappa shape index (κ2) is 8.40. The number of nitrogens with zero attached hydrogens (tertiary/aromatic N) is 2. The van der Waals surface area contributed by atoms with E-state index in [0.29, 0.717) is 25.8 Å². The van der Waals surface area contributed by atoms with E-state index in [-0.39, 0.29) is 0 Å². The molecule has 2 aromatic rings. The zero-order chi connectivity index (χ0) is 17.5. The number of aryl methyl sites for hydroxylation is 1. The maximum absolute atomic E-state index is 8.77. The molecule has 6 heteroatoms. The van der Waals surface area contributed by atoms with Crippen molar-refractivity contribution in [3.63, 3.8) is 0 Å². The molecule has 1 aromatic heterocycles. The van der Waals surface area contributed by atoms with Crippen LogP contribution < -0.4 is 9.22 Å². The lowest BCUT2D eigenvalue weighted by Crippen LogP contribution is -2.31. The van der Waals surface area contributed by atoms with Crippen LogP contribution in [0.15, 0.2) is 61.4 Å². The van der Waals surface area contributed by atoms with Crippen molar-refractivity contribution in [1.82, 2.24) is 4.57 Å². The first-order valence-electron chi connectivity index (χ1n) is 7.73. The van der Waals surface area contributed by atoms with Crippen LogP contribution in [0.5, 0.6) is 5.75 Å². The molecule has 1 aromatic carbocycles. The molecule has 0 aliphatic carbocycles. The van der Waals surface area contributed by atoms with Gasteiger partial charge in [-0.1, -0.05) is 19.2 Å². The third kappa shape index (κ3) is 5.31. The molecule has 1 heterocycles. The maximum atomic E-state index is 8.77. The van der Waals surface area contributed by atoms with Crippen LogP contribution in [0.4, 0.5) is 0 Å². The predicted molar refractivity (Wildman–Crippen MR) is 93.4 cm³/mol.